The first-order chi connectivity index (χ1) is 9.25. The Labute approximate surface area is 121 Å². The molecule has 0 amide bonds. The number of hydrogen-bond donors (Lipinski definition) is 1. The quantitative estimate of drug-likeness (QED) is 0.499. The smallest absolute Gasteiger partial charge is 0.450 e. The number of nitro benzene ring substituents is 2. The van der Waals surface area contributed by atoms with Crippen LogP contribution < -0.4 is 0 Å². The van der Waals surface area contributed by atoms with Crippen LogP contribution in [-0.4, -0.2) is 27.7 Å². The lowest BCUT2D eigenvalue weighted by Crippen LogP contribution is -2.07. The van der Waals surface area contributed by atoms with E-state index in [1.54, 1.807) is 0 Å². The molecule has 11 heteroatoms. The molecule has 1 aromatic carbocycles. The standard InChI is InChI=1S/C9H6Cl2N2O7/c10-5-3-6(12(16)17)7(11)8(13(18)19)4(5)1-2-20-9(14)15/h3H,1-2H2,(H,14,15). The van der Waals surface area contributed by atoms with Crippen LogP contribution >= 0.6 is 23.2 Å². The van der Waals surface area contributed by atoms with Crippen molar-refractivity contribution in [1.29, 1.82) is 0 Å². The summed E-state index contributed by atoms with van der Waals surface area (Å²) in [6.07, 6.45) is -1.80. The van der Waals surface area contributed by atoms with Gasteiger partial charge in [0.05, 0.1) is 27.0 Å². The molecule has 0 aromatic heterocycles. The SMILES string of the molecule is O=C(O)OCCc1c(Cl)cc([N+](=O)[O-])c(Cl)c1[N+](=O)[O-]. The molecule has 1 rings (SSSR count). The lowest BCUT2D eigenvalue weighted by atomic mass is 10.1. The largest absolute Gasteiger partial charge is 0.505 e. The number of hydrogen-bond acceptors (Lipinski definition) is 6. The molecular weight excluding hydrogens is 319 g/mol. The van der Waals surface area contributed by atoms with E-state index >= 15 is 0 Å². The van der Waals surface area contributed by atoms with Crippen LogP contribution in [0.2, 0.25) is 10.0 Å². The maximum absolute atomic E-state index is 10.9. The van der Waals surface area contributed by atoms with E-state index in [2.05, 4.69) is 4.74 Å². The van der Waals surface area contributed by atoms with E-state index in [-0.39, 0.29) is 17.0 Å². The second-order valence-electron chi connectivity index (χ2n) is 3.40. The molecule has 0 heterocycles. The Kier molecular flexibility index (Phi) is 5.06. The Morgan fingerprint density at radius 1 is 1.30 bits per heavy atom. The van der Waals surface area contributed by atoms with E-state index < -0.39 is 39.0 Å². The molecular formula is C9H6Cl2N2O7. The summed E-state index contributed by atoms with van der Waals surface area (Å²) < 4.78 is 4.21. The summed E-state index contributed by atoms with van der Waals surface area (Å²) in [4.78, 5) is 30.0. The predicted molar refractivity (Wildman–Crippen MR) is 67.5 cm³/mol. The topological polar surface area (TPSA) is 133 Å². The van der Waals surface area contributed by atoms with Crippen molar-refractivity contribution in [2.45, 2.75) is 6.42 Å². The molecule has 0 radical (unpaired) electrons. The summed E-state index contributed by atoms with van der Waals surface area (Å²) in [5.41, 5.74) is -1.57. The second kappa shape index (κ2) is 6.35. The lowest BCUT2D eigenvalue weighted by Gasteiger charge is -2.07. The summed E-state index contributed by atoms with van der Waals surface area (Å²) in [5.74, 6) is 0. The van der Waals surface area contributed by atoms with Gasteiger partial charge in [0.1, 0.15) is 0 Å². The number of halogens is 2. The molecule has 20 heavy (non-hydrogen) atoms. The van der Waals surface area contributed by atoms with Gasteiger partial charge in [-0.05, 0) is 0 Å². The molecule has 0 spiro atoms. The van der Waals surface area contributed by atoms with E-state index in [0.29, 0.717) is 0 Å². The zero-order chi connectivity index (χ0) is 15.4. The highest BCUT2D eigenvalue weighted by Gasteiger charge is 2.30. The molecule has 0 unspecified atom stereocenters. The Balaban J connectivity index is 3.29. The highest BCUT2D eigenvalue weighted by molar-refractivity contribution is 6.37. The second-order valence-corrected chi connectivity index (χ2v) is 4.18. The fourth-order valence-corrected chi connectivity index (χ4v) is 2.03. The Hall–Kier alpha value is -2.13. The number of nitrogens with zero attached hydrogens (tertiary/aromatic N) is 2. The van der Waals surface area contributed by atoms with E-state index in [1.807, 2.05) is 0 Å². The van der Waals surface area contributed by atoms with Crippen molar-refractivity contribution in [2.75, 3.05) is 6.61 Å². The first kappa shape index (κ1) is 15.9. The number of ether oxygens (including phenoxy) is 1. The summed E-state index contributed by atoms with van der Waals surface area (Å²) >= 11 is 11.4. The van der Waals surface area contributed by atoms with Gasteiger partial charge in [-0.3, -0.25) is 20.2 Å². The molecule has 0 fully saturated rings. The third-order valence-electron chi connectivity index (χ3n) is 2.23. The Morgan fingerprint density at radius 2 is 1.90 bits per heavy atom. The molecule has 1 N–H and O–H groups in total. The van der Waals surface area contributed by atoms with Gasteiger partial charge in [0.2, 0.25) is 0 Å². The van der Waals surface area contributed by atoms with Gasteiger partial charge in [-0.1, -0.05) is 23.2 Å². The average Bonchev–Trinajstić information content (AvgIpc) is 2.31. The molecule has 0 bridgehead atoms. The molecule has 108 valence electrons. The van der Waals surface area contributed by atoms with Crippen LogP contribution in [0, 0.1) is 20.2 Å². The van der Waals surface area contributed by atoms with E-state index in [9.17, 15) is 25.0 Å². The minimum Gasteiger partial charge on any atom is -0.450 e. The van der Waals surface area contributed by atoms with Crippen molar-refractivity contribution in [3.8, 4) is 0 Å². The van der Waals surface area contributed by atoms with E-state index in [0.717, 1.165) is 6.07 Å². The first-order valence-corrected chi connectivity index (χ1v) is 5.66. The Morgan fingerprint density at radius 3 is 2.35 bits per heavy atom. The van der Waals surface area contributed by atoms with Gasteiger partial charge in [0.25, 0.3) is 11.4 Å². The van der Waals surface area contributed by atoms with Crippen LogP contribution in [0.15, 0.2) is 6.07 Å². The highest BCUT2D eigenvalue weighted by Crippen LogP contribution is 2.40. The highest BCUT2D eigenvalue weighted by atomic mass is 35.5. The molecule has 9 nitrogen and oxygen atoms in total. The van der Waals surface area contributed by atoms with Gasteiger partial charge in [0.15, 0.2) is 5.02 Å². The van der Waals surface area contributed by atoms with Gasteiger partial charge in [-0.25, -0.2) is 4.79 Å². The van der Waals surface area contributed by atoms with Gasteiger partial charge >= 0.3 is 6.16 Å². The summed E-state index contributed by atoms with van der Waals surface area (Å²) in [6.45, 7) is -0.399. The summed E-state index contributed by atoms with van der Waals surface area (Å²) in [5, 5.41) is 29.0. The van der Waals surface area contributed by atoms with Crippen molar-refractivity contribution in [1.82, 2.24) is 0 Å². The number of benzene rings is 1. The molecule has 0 saturated carbocycles. The van der Waals surface area contributed by atoms with Crippen LogP contribution in [0.1, 0.15) is 5.56 Å². The maximum atomic E-state index is 10.9. The average molecular weight is 325 g/mol. The fourth-order valence-electron chi connectivity index (χ4n) is 1.44. The third kappa shape index (κ3) is 3.45. The molecule has 0 aliphatic carbocycles. The van der Waals surface area contributed by atoms with Crippen molar-refractivity contribution in [2.24, 2.45) is 0 Å². The van der Waals surface area contributed by atoms with Gasteiger partial charge in [-0.2, -0.15) is 0 Å². The molecule has 0 atom stereocenters. The molecule has 0 saturated heterocycles. The number of rotatable bonds is 5. The summed E-state index contributed by atoms with van der Waals surface area (Å²) in [7, 11) is 0. The van der Waals surface area contributed by atoms with Crippen LogP contribution in [0.4, 0.5) is 16.2 Å². The Bertz CT molecular complexity index is 590. The van der Waals surface area contributed by atoms with Crippen LogP contribution in [-0.2, 0) is 11.2 Å². The van der Waals surface area contributed by atoms with Crippen LogP contribution in [0.25, 0.3) is 0 Å². The monoisotopic (exact) mass is 324 g/mol. The zero-order valence-corrected chi connectivity index (χ0v) is 11.1. The number of carboxylic acid groups (broad SMARTS) is 1. The number of carbonyl (C=O) groups is 1. The van der Waals surface area contributed by atoms with Crippen molar-refractivity contribution in [3.05, 3.63) is 41.9 Å². The van der Waals surface area contributed by atoms with Crippen molar-refractivity contribution in [3.63, 3.8) is 0 Å². The third-order valence-corrected chi connectivity index (χ3v) is 2.94. The predicted octanol–water partition coefficient (Wildman–Crippen LogP) is 3.05. The van der Waals surface area contributed by atoms with E-state index in [4.69, 9.17) is 28.3 Å². The zero-order valence-electron chi connectivity index (χ0n) is 9.54. The minimum absolute atomic E-state index is 0.131. The lowest BCUT2D eigenvalue weighted by molar-refractivity contribution is -0.394. The maximum Gasteiger partial charge on any atom is 0.505 e. The number of nitro groups is 2. The minimum atomic E-state index is -1.56. The fraction of sp³-hybridized carbons (Fsp3) is 0.222. The van der Waals surface area contributed by atoms with Gasteiger partial charge in [-0.15, -0.1) is 0 Å². The molecule has 0 aliphatic heterocycles. The van der Waals surface area contributed by atoms with Crippen LogP contribution in [0.5, 0.6) is 0 Å². The first-order valence-electron chi connectivity index (χ1n) is 4.91. The molecule has 1 aromatic rings. The van der Waals surface area contributed by atoms with E-state index in [1.165, 1.54) is 0 Å². The summed E-state index contributed by atoms with van der Waals surface area (Å²) in [6, 6.07) is 0.868. The van der Waals surface area contributed by atoms with Gasteiger partial charge in [0, 0.05) is 12.5 Å². The van der Waals surface area contributed by atoms with Crippen LogP contribution in [0.3, 0.4) is 0 Å². The van der Waals surface area contributed by atoms with Crippen molar-refractivity contribution >= 4 is 40.7 Å². The van der Waals surface area contributed by atoms with Gasteiger partial charge < -0.3 is 9.84 Å². The molecule has 0 aliphatic rings. The normalized spacial score (nSPS) is 10.1. The van der Waals surface area contributed by atoms with Crippen molar-refractivity contribution < 1.29 is 24.5 Å².